The Hall–Kier alpha value is -2.36. The van der Waals surface area contributed by atoms with Crippen molar-refractivity contribution in [2.24, 2.45) is 4.99 Å². The molecule has 0 atom stereocenters. The third-order valence-corrected chi connectivity index (χ3v) is 4.43. The van der Waals surface area contributed by atoms with E-state index in [1.807, 2.05) is 16.9 Å². The molecule has 0 spiro atoms. The molecule has 0 aliphatic heterocycles. The lowest BCUT2D eigenvalue weighted by atomic mass is 10.1. The maximum atomic E-state index is 5.42. The van der Waals surface area contributed by atoms with Crippen molar-refractivity contribution in [3.63, 3.8) is 0 Å². The summed E-state index contributed by atoms with van der Waals surface area (Å²) in [7, 11) is 1.77. The molecule has 7 nitrogen and oxygen atoms in total. The van der Waals surface area contributed by atoms with Crippen molar-refractivity contribution < 1.29 is 4.52 Å². The molecule has 2 heterocycles. The summed E-state index contributed by atoms with van der Waals surface area (Å²) in [5.41, 5.74) is 4.34. The number of nitrogens with zero attached hydrogens (tertiary/aromatic N) is 4. The van der Waals surface area contributed by atoms with Crippen LogP contribution in [0.5, 0.6) is 0 Å². The molecular weight excluding hydrogens is 467 g/mol. The van der Waals surface area contributed by atoms with Gasteiger partial charge in [-0.05, 0) is 30.2 Å². The van der Waals surface area contributed by atoms with Gasteiger partial charge in [0.15, 0.2) is 5.96 Å². The SMILES string of the molecule is CCc1noc(CC)c1CNC(=NC)NCc1ccc(-n2cccn2)cc1.I. The highest BCUT2D eigenvalue weighted by Crippen LogP contribution is 2.15. The van der Waals surface area contributed by atoms with Crippen LogP contribution in [0.2, 0.25) is 0 Å². The summed E-state index contributed by atoms with van der Waals surface area (Å²) in [6, 6.07) is 10.2. The van der Waals surface area contributed by atoms with Crippen molar-refractivity contribution in [2.75, 3.05) is 7.05 Å². The summed E-state index contributed by atoms with van der Waals surface area (Å²) in [6.07, 6.45) is 5.39. The third-order valence-electron chi connectivity index (χ3n) is 4.43. The molecule has 150 valence electrons. The number of aromatic nitrogens is 3. The lowest BCUT2D eigenvalue weighted by Gasteiger charge is -2.12. The van der Waals surface area contributed by atoms with Gasteiger partial charge in [0, 0.05) is 44.5 Å². The Labute approximate surface area is 182 Å². The molecule has 8 heteroatoms. The van der Waals surface area contributed by atoms with E-state index >= 15 is 0 Å². The molecule has 2 N–H and O–H groups in total. The Morgan fingerprint density at radius 2 is 1.86 bits per heavy atom. The molecule has 3 aromatic rings. The second-order valence-electron chi connectivity index (χ2n) is 6.13. The van der Waals surface area contributed by atoms with Crippen LogP contribution < -0.4 is 10.6 Å². The number of hydrogen-bond donors (Lipinski definition) is 2. The van der Waals surface area contributed by atoms with E-state index in [9.17, 15) is 0 Å². The molecule has 0 aliphatic rings. The maximum absolute atomic E-state index is 5.42. The summed E-state index contributed by atoms with van der Waals surface area (Å²) in [5.74, 6) is 1.68. The van der Waals surface area contributed by atoms with E-state index in [1.54, 1.807) is 13.2 Å². The Bertz CT molecular complexity index is 849. The van der Waals surface area contributed by atoms with E-state index in [0.717, 1.165) is 41.5 Å². The average Bonchev–Trinajstić information content (AvgIpc) is 3.38. The minimum atomic E-state index is 0. The topological polar surface area (TPSA) is 80.3 Å². The van der Waals surface area contributed by atoms with Gasteiger partial charge < -0.3 is 15.2 Å². The molecule has 0 aliphatic carbocycles. The molecule has 2 aromatic heterocycles. The van der Waals surface area contributed by atoms with Gasteiger partial charge in [-0.25, -0.2) is 4.68 Å². The zero-order chi connectivity index (χ0) is 19.1. The van der Waals surface area contributed by atoms with Crippen molar-refractivity contribution in [1.29, 1.82) is 0 Å². The van der Waals surface area contributed by atoms with Gasteiger partial charge >= 0.3 is 0 Å². The smallest absolute Gasteiger partial charge is 0.191 e. The molecule has 0 amide bonds. The zero-order valence-corrected chi connectivity index (χ0v) is 18.8. The van der Waals surface area contributed by atoms with Gasteiger partial charge in [0.2, 0.25) is 0 Å². The molecule has 28 heavy (non-hydrogen) atoms. The summed E-state index contributed by atoms with van der Waals surface area (Å²) >= 11 is 0. The van der Waals surface area contributed by atoms with Gasteiger partial charge in [-0.2, -0.15) is 5.10 Å². The first kappa shape index (κ1) is 21.9. The quantitative estimate of drug-likeness (QED) is 0.299. The van der Waals surface area contributed by atoms with Gasteiger partial charge in [0.1, 0.15) is 5.76 Å². The van der Waals surface area contributed by atoms with Crippen LogP contribution in [0.15, 0.2) is 52.2 Å². The minimum Gasteiger partial charge on any atom is -0.361 e. The fourth-order valence-electron chi connectivity index (χ4n) is 2.90. The molecule has 3 rings (SSSR count). The van der Waals surface area contributed by atoms with Crippen LogP contribution in [0.1, 0.15) is 36.4 Å². The largest absolute Gasteiger partial charge is 0.361 e. The predicted octanol–water partition coefficient (Wildman–Crippen LogP) is 3.47. The fraction of sp³-hybridized carbons (Fsp3) is 0.350. The number of aryl methyl sites for hydroxylation is 2. The highest BCUT2D eigenvalue weighted by molar-refractivity contribution is 14.0. The Kier molecular flexibility index (Phi) is 8.49. The lowest BCUT2D eigenvalue weighted by Crippen LogP contribution is -2.36. The Morgan fingerprint density at radius 1 is 1.11 bits per heavy atom. The summed E-state index contributed by atoms with van der Waals surface area (Å²) in [4.78, 5) is 4.30. The van der Waals surface area contributed by atoms with Gasteiger partial charge in [-0.3, -0.25) is 4.99 Å². The van der Waals surface area contributed by atoms with Crippen LogP contribution >= 0.6 is 24.0 Å². The molecular formula is C20H27IN6O. The van der Waals surface area contributed by atoms with E-state index in [4.69, 9.17) is 4.52 Å². The van der Waals surface area contributed by atoms with Gasteiger partial charge in [0.05, 0.1) is 11.4 Å². The number of benzene rings is 1. The highest BCUT2D eigenvalue weighted by atomic mass is 127. The first-order valence-corrected chi connectivity index (χ1v) is 9.24. The third kappa shape index (κ3) is 5.34. The van der Waals surface area contributed by atoms with Crippen LogP contribution in [0.3, 0.4) is 0 Å². The average molecular weight is 494 g/mol. The molecule has 0 bridgehead atoms. The van der Waals surface area contributed by atoms with Crippen LogP contribution in [-0.2, 0) is 25.9 Å². The number of guanidine groups is 1. The van der Waals surface area contributed by atoms with Crippen LogP contribution in [-0.4, -0.2) is 27.9 Å². The number of hydrogen-bond acceptors (Lipinski definition) is 4. The van der Waals surface area contributed by atoms with Crippen LogP contribution in [0.25, 0.3) is 5.69 Å². The van der Waals surface area contributed by atoms with Crippen LogP contribution in [0.4, 0.5) is 0 Å². The lowest BCUT2D eigenvalue weighted by molar-refractivity contribution is 0.380. The van der Waals surface area contributed by atoms with E-state index in [1.165, 1.54) is 5.56 Å². The number of nitrogens with one attached hydrogen (secondary N) is 2. The minimum absolute atomic E-state index is 0. The Morgan fingerprint density at radius 3 is 2.46 bits per heavy atom. The normalized spacial score (nSPS) is 11.2. The molecule has 1 aromatic carbocycles. The molecule has 0 unspecified atom stereocenters. The fourth-order valence-corrected chi connectivity index (χ4v) is 2.90. The number of aliphatic imine (C=N–C) groups is 1. The van der Waals surface area contributed by atoms with Crippen molar-refractivity contribution in [2.45, 2.75) is 39.8 Å². The van der Waals surface area contributed by atoms with E-state index < -0.39 is 0 Å². The highest BCUT2D eigenvalue weighted by Gasteiger charge is 2.13. The summed E-state index contributed by atoms with van der Waals surface area (Å²) < 4.78 is 7.26. The van der Waals surface area contributed by atoms with Crippen LogP contribution in [0, 0.1) is 0 Å². The number of rotatable bonds is 7. The van der Waals surface area contributed by atoms with Gasteiger partial charge in [-0.15, -0.1) is 24.0 Å². The Balaban J connectivity index is 0.00000280. The van der Waals surface area contributed by atoms with Crippen molar-refractivity contribution in [3.05, 3.63) is 65.3 Å². The monoisotopic (exact) mass is 494 g/mol. The van der Waals surface area contributed by atoms with E-state index in [0.29, 0.717) is 13.1 Å². The maximum Gasteiger partial charge on any atom is 0.191 e. The first-order valence-electron chi connectivity index (χ1n) is 9.24. The van der Waals surface area contributed by atoms with E-state index in [2.05, 4.69) is 64.0 Å². The van der Waals surface area contributed by atoms with Crippen molar-refractivity contribution in [1.82, 2.24) is 25.6 Å². The molecule has 0 saturated heterocycles. The summed E-state index contributed by atoms with van der Waals surface area (Å²) in [5, 5.41) is 15.1. The second kappa shape index (κ2) is 10.8. The number of halogens is 1. The second-order valence-corrected chi connectivity index (χ2v) is 6.13. The first-order chi connectivity index (χ1) is 13.2. The molecule has 0 fully saturated rings. The molecule has 0 saturated carbocycles. The summed E-state index contributed by atoms with van der Waals surface area (Å²) in [6.45, 7) is 5.49. The molecule has 0 radical (unpaired) electrons. The van der Waals surface area contributed by atoms with Crippen molar-refractivity contribution >= 4 is 29.9 Å². The predicted molar refractivity (Wildman–Crippen MR) is 121 cm³/mol. The standard InChI is InChI=1S/C20H26N6O.HI/c1-4-18-17(19(5-2)27-25-18)14-23-20(21-3)22-13-15-7-9-16(10-8-15)26-12-6-11-24-26;/h6-12H,4-5,13-14H2,1-3H3,(H2,21,22,23);1H. The van der Waals surface area contributed by atoms with Gasteiger partial charge in [-0.1, -0.05) is 31.1 Å². The zero-order valence-electron chi connectivity index (χ0n) is 16.5. The van der Waals surface area contributed by atoms with Crippen molar-refractivity contribution in [3.8, 4) is 5.69 Å². The van der Waals surface area contributed by atoms with E-state index in [-0.39, 0.29) is 24.0 Å². The van der Waals surface area contributed by atoms with Gasteiger partial charge in [0.25, 0.3) is 0 Å².